The highest BCUT2D eigenvalue weighted by Crippen LogP contribution is 2.01. The summed E-state index contributed by atoms with van der Waals surface area (Å²) >= 11 is 0. The highest BCUT2D eigenvalue weighted by atomic mass is 16.2. The molecule has 0 spiro atoms. The average Bonchev–Trinajstić information content (AvgIpc) is 2.72. The zero-order valence-corrected chi connectivity index (χ0v) is 7.16. The van der Waals surface area contributed by atoms with E-state index >= 15 is 0 Å². The van der Waals surface area contributed by atoms with Crippen LogP contribution in [-0.4, -0.2) is 25.6 Å². The lowest BCUT2D eigenvalue weighted by Crippen LogP contribution is -2.17. The van der Waals surface area contributed by atoms with E-state index in [9.17, 15) is 4.79 Å². The van der Waals surface area contributed by atoms with Crippen LogP contribution in [0.25, 0.3) is 0 Å². The van der Waals surface area contributed by atoms with Crippen LogP contribution < -0.4 is 5.32 Å². The molecule has 2 aromatic heterocycles. The highest BCUT2D eigenvalue weighted by Gasteiger charge is 2.02. The third-order valence-corrected chi connectivity index (χ3v) is 1.55. The summed E-state index contributed by atoms with van der Waals surface area (Å²) in [7, 11) is 0. The number of aromatic nitrogens is 4. The molecule has 0 saturated carbocycles. The first kappa shape index (κ1) is 8.36. The molecule has 70 valence electrons. The normalized spacial score (nSPS) is 9.71. The number of nitrogens with zero attached hydrogens (tertiary/aromatic N) is 4. The third-order valence-electron chi connectivity index (χ3n) is 1.55. The zero-order chi connectivity index (χ0) is 9.80. The largest absolute Gasteiger partial charge is 0.331 e. The Balaban J connectivity index is 2.10. The molecule has 0 fully saturated rings. The van der Waals surface area contributed by atoms with Crippen LogP contribution in [0, 0.1) is 0 Å². The Morgan fingerprint density at radius 1 is 1.29 bits per heavy atom. The molecule has 1 N–H and O–H groups in total. The standard InChI is InChI=1S/C8H7N5O/c14-8(13-2-1-9-6-13)12-7-3-10-5-11-4-7/h1-6H,(H,12,14). The van der Waals surface area contributed by atoms with E-state index in [2.05, 4.69) is 20.3 Å². The van der Waals surface area contributed by atoms with Gasteiger partial charge in [0.1, 0.15) is 12.7 Å². The van der Waals surface area contributed by atoms with Crippen molar-refractivity contribution in [2.45, 2.75) is 0 Å². The topological polar surface area (TPSA) is 72.7 Å². The van der Waals surface area contributed by atoms with Crippen molar-refractivity contribution < 1.29 is 4.79 Å². The number of rotatable bonds is 1. The molecule has 1 amide bonds. The summed E-state index contributed by atoms with van der Waals surface area (Å²) < 4.78 is 1.33. The van der Waals surface area contributed by atoms with E-state index < -0.39 is 0 Å². The van der Waals surface area contributed by atoms with Gasteiger partial charge in [0, 0.05) is 12.4 Å². The number of carbonyl (C=O) groups is 1. The molecule has 0 unspecified atom stereocenters. The lowest BCUT2D eigenvalue weighted by molar-refractivity contribution is 0.253. The van der Waals surface area contributed by atoms with Gasteiger partial charge in [0.05, 0.1) is 18.1 Å². The van der Waals surface area contributed by atoms with Crippen molar-refractivity contribution in [2.24, 2.45) is 0 Å². The number of amides is 1. The van der Waals surface area contributed by atoms with E-state index in [1.54, 1.807) is 6.20 Å². The predicted molar refractivity (Wildman–Crippen MR) is 48.7 cm³/mol. The molecule has 0 aliphatic carbocycles. The molecule has 0 aliphatic heterocycles. The van der Waals surface area contributed by atoms with E-state index in [4.69, 9.17) is 0 Å². The first-order chi connectivity index (χ1) is 6.86. The van der Waals surface area contributed by atoms with Crippen molar-refractivity contribution in [1.82, 2.24) is 19.5 Å². The minimum absolute atomic E-state index is 0.294. The summed E-state index contributed by atoms with van der Waals surface area (Å²) in [5, 5.41) is 2.60. The second-order valence-corrected chi connectivity index (χ2v) is 2.53. The van der Waals surface area contributed by atoms with Crippen molar-refractivity contribution in [2.75, 3.05) is 5.32 Å². The molecule has 6 nitrogen and oxygen atoms in total. The van der Waals surface area contributed by atoms with Crippen molar-refractivity contribution >= 4 is 11.7 Å². The van der Waals surface area contributed by atoms with Crippen LogP contribution in [0.2, 0.25) is 0 Å². The lowest BCUT2D eigenvalue weighted by Gasteiger charge is -2.02. The lowest BCUT2D eigenvalue weighted by atomic mass is 10.5. The minimum atomic E-state index is -0.294. The van der Waals surface area contributed by atoms with Crippen LogP contribution in [-0.2, 0) is 0 Å². The van der Waals surface area contributed by atoms with Crippen molar-refractivity contribution in [3.05, 3.63) is 37.4 Å². The maximum absolute atomic E-state index is 11.4. The van der Waals surface area contributed by atoms with Gasteiger partial charge in [-0.2, -0.15) is 0 Å². The second kappa shape index (κ2) is 3.65. The van der Waals surface area contributed by atoms with Crippen LogP contribution in [0.5, 0.6) is 0 Å². The Morgan fingerprint density at radius 3 is 2.71 bits per heavy atom. The summed E-state index contributed by atoms with van der Waals surface area (Å²) in [6, 6.07) is -0.294. The van der Waals surface area contributed by atoms with E-state index in [-0.39, 0.29) is 6.03 Å². The first-order valence-electron chi connectivity index (χ1n) is 3.90. The molecule has 0 atom stereocenters. The molecule has 2 heterocycles. The quantitative estimate of drug-likeness (QED) is 0.718. The predicted octanol–water partition coefficient (Wildman–Crippen LogP) is 0.753. The van der Waals surface area contributed by atoms with E-state index in [1.165, 1.54) is 35.8 Å². The number of hydrogen-bond donors (Lipinski definition) is 1. The Kier molecular flexibility index (Phi) is 2.18. The summed E-state index contributed by atoms with van der Waals surface area (Å²) in [4.78, 5) is 22.7. The van der Waals surface area contributed by atoms with Gasteiger partial charge in [-0.15, -0.1) is 0 Å². The van der Waals surface area contributed by atoms with Gasteiger partial charge in [0.25, 0.3) is 0 Å². The van der Waals surface area contributed by atoms with Crippen LogP contribution in [0.1, 0.15) is 0 Å². The average molecular weight is 189 g/mol. The van der Waals surface area contributed by atoms with Crippen molar-refractivity contribution in [3.63, 3.8) is 0 Å². The van der Waals surface area contributed by atoms with Gasteiger partial charge in [-0.25, -0.2) is 19.7 Å². The number of hydrogen-bond acceptors (Lipinski definition) is 4. The van der Waals surface area contributed by atoms with Gasteiger partial charge in [-0.1, -0.05) is 0 Å². The van der Waals surface area contributed by atoms with Crippen molar-refractivity contribution in [3.8, 4) is 0 Å². The van der Waals surface area contributed by atoms with Gasteiger partial charge in [-0.3, -0.25) is 4.57 Å². The maximum atomic E-state index is 11.4. The number of imidazole rings is 1. The second-order valence-electron chi connectivity index (χ2n) is 2.53. The SMILES string of the molecule is O=C(Nc1cncnc1)n1ccnc1. The highest BCUT2D eigenvalue weighted by molar-refractivity contribution is 5.90. The van der Waals surface area contributed by atoms with Crippen LogP contribution in [0.4, 0.5) is 10.5 Å². The molecule has 0 aromatic carbocycles. The Labute approximate surface area is 79.6 Å². The number of carbonyl (C=O) groups excluding carboxylic acids is 1. The fourth-order valence-corrected chi connectivity index (χ4v) is 0.931. The molecular formula is C8H7N5O. The van der Waals surface area contributed by atoms with E-state index in [0.29, 0.717) is 5.69 Å². The molecule has 6 heteroatoms. The number of anilines is 1. The minimum Gasteiger partial charge on any atom is -0.304 e. The summed E-state index contributed by atoms with van der Waals surface area (Å²) in [5.41, 5.74) is 0.547. The summed E-state index contributed by atoms with van der Waals surface area (Å²) in [6.45, 7) is 0. The fraction of sp³-hybridized carbons (Fsp3) is 0. The Morgan fingerprint density at radius 2 is 2.07 bits per heavy atom. The molecule has 0 radical (unpaired) electrons. The van der Waals surface area contributed by atoms with Gasteiger partial charge in [0.15, 0.2) is 0 Å². The fourth-order valence-electron chi connectivity index (χ4n) is 0.931. The van der Waals surface area contributed by atoms with Gasteiger partial charge >= 0.3 is 6.03 Å². The van der Waals surface area contributed by atoms with Crippen LogP contribution in [0.3, 0.4) is 0 Å². The van der Waals surface area contributed by atoms with E-state index in [1.807, 2.05) is 0 Å². The monoisotopic (exact) mass is 189 g/mol. The van der Waals surface area contributed by atoms with Crippen molar-refractivity contribution in [1.29, 1.82) is 0 Å². The third kappa shape index (κ3) is 1.74. The smallest absolute Gasteiger partial charge is 0.304 e. The molecular weight excluding hydrogens is 182 g/mol. The molecule has 2 aromatic rings. The van der Waals surface area contributed by atoms with Gasteiger partial charge in [-0.05, 0) is 0 Å². The Hall–Kier alpha value is -2.24. The zero-order valence-electron chi connectivity index (χ0n) is 7.16. The molecule has 0 aliphatic rings. The molecule has 0 bridgehead atoms. The molecule has 14 heavy (non-hydrogen) atoms. The maximum Gasteiger partial charge on any atom is 0.331 e. The van der Waals surface area contributed by atoms with Crippen LogP contribution >= 0.6 is 0 Å². The molecule has 2 rings (SSSR count). The Bertz CT molecular complexity index is 411. The van der Waals surface area contributed by atoms with Gasteiger partial charge < -0.3 is 5.32 Å². The summed E-state index contributed by atoms with van der Waals surface area (Å²) in [5.74, 6) is 0. The van der Waals surface area contributed by atoms with Crippen LogP contribution in [0.15, 0.2) is 37.4 Å². The molecule has 0 saturated heterocycles. The first-order valence-corrected chi connectivity index (χ1v) is 3.90. The van der Waals surface area contributed by atoms with Gasteiger partial charge in [0.2, 0.25) is 0 Å². The number of nitrogens with one attached hydrogen (secondary N) is 1. The van der Waals surface area contributed by atoms with E-state index in [0.717, 1.165) is 0 Å². The summed E-state index contributed by atoms with van der Waals surface area (Å²) in [6.07, 6.45) is 8.93.